The van der Waals surface area contributed by atoms with E-state index in [4.69, 9.17) is 11.6 Å². The SMILES string of the molecule is CC(C)Cn1ncc(NCC(=O)N2CCCC2)c(Cl)c1=O. The van der Waals surface area contributed by atoms with Crippen LogP contribution in [-0.4, -0.2) is 40.2 Å². The summed E-state index contributed by atoms with van der Waals surface area (Å²) in [4.78, 5) is 25.8. The Morgan fingerprint density at radius 3 is 2.71 bits per heavy atom. The predicted molar refractivity (Wildman–Crippen MR) is 82.6 cm³/mol. The van der Waals surface area contributed by atoms with Crippen molar-refractivity contribution in [3.8, 4) is 0 Å². The van der Waals surface area contributed by atoms with Crippen LogP contribution in [0, 0.1) is 5.92 Å². The van der Waals surface area contributed by atoms with Crippen LogP contribution in [0.4, 0.5) is 5.69 Å². The van der Waals surface area contributed by atoms with E-state index in [2.05, 4.69) is 10.4 Å². The zero-order valence-corrected chi connectivity index (χ0v) is 13.2. The maximum Gasteiger partial charge on any atom is 0.287 e. The Morgan fingerprint density at radius 1 is 1.43 bits per heavy atom. The summed E-state index contributed by atoms with van der Waals surface area (Å²) in [6, 6.07) is 0. The van der Waals surface area contributed by atoms with E-state index in [1.54, 1.807) is 0 Å². The molecule has 1 amide bonds. The van der Waals surface area contributed by atoms with Gasteiger partial charge < -0.3 is 10.2 Å². The summed E-state index contributed by atoms with van der Waals surface area (Å²) in [7, 11) is 0. The highest BCUT2D eigenvalue weighted by atomic mass is 35.5. The van der Waals surface area contributed by atoms with Crippen molar-refractivity contribution in [3.05, 3.63) is 21.6 Å². The van der Waals surface area contributed by atoms with Gasteiger partial charge in [-0.15, -0.1) is 0 Å². The van der Waals surface area contributed by atoms with E-state index in [0.717, 1.165) is 25.9 Å². The van der Waals surface area contributed by atoms with E-state index in [9.17, 15) is 9.59 Å². The summed E-state index contributed by atoms with van der Waals surface area (Å²) < 4.78 is 1.35. The summed E-state index contributed by atoms with van der Waals surface area (Å²) in [5.41, 5.74) is 0.0817. The molecule has 6 nitrogen and oxygen atoms in total. The Hall–Kier alpha value is -1.56. The van der Waals surface area contributed by atoms with E-state index in [-0.39, 0.29) is 23.0 Å². The van der Waals surface area contributed by atoms with Gasteiger partial charge in [0.15, 0.2) is 0 Å². The minimum Gasteiger partial charge on any atom is -0.373 e. The number of amides is 1. The number of hydrogen-bond donors (Lipinski definition) is 1. The molecule has 0 saturated carbocycles. The molecule has 1 fully saturated rings. The molecule has 1 saturated heterocycles. The molecule has 0 atom stereocenters. The van der Waals surface area contributed by atoms with Crippen LogP contribution in [0.2, 0.25) is 5.02 Å². The average molecular weight is 313 g/mol. The summed E-state index contributed by atoms with van der Waals surface area (Å²) in [6.07, 6.45) is 3.61. The normalized spacial score (nSPS) is 14.8. The van der Waals surface area contributed by atoms with Gasteiger partial charge >= 0.3 is 0 Å². The molecule has 1 aromatic rings. The van der Waals surface area contributed by atoms with E-state index in [1.165, 1.54) is 10.9 Å². The lowest BCUT2D eigenvalue weighted by Gasteiger charge is -2.16. The minimum atomic E-state index is -0.330. The largest absolute Gasteiger partial charge is 0.373 e. The fourth-order valence-corrected chi connectivity index (χ4v) is 2.53. The van der Waals surface area contributed by atoms with E-state index in [1.807, 2.05) is 18.7 Å². The minimum absolute atomic E-state index is 0.0231. The van der Waals surface area contributed by atoms with Gasteiger partial charge in [0.2, 0.25) is 5.91 Å². The standard InChI is InChI=1S/C14H21ClN4O2/c1-10(2)9-19-14(21)13(15)11(7-17-19)16-8-12(20)18-5-3-4-6-18/h7,10,16H,3-6,8-9H2,1-2H3. The number of rotatable bonds is 5. The van der Waals surface area contributed by atoms with Crippen molar-refractivity contribution in [3.63, 3.8) is 0 Å². The molecule has 1 aliphatic heterocycles. The Bertz CT molecular complexity index is 565. The smallest absolute Gasteiger partial charge is 0.287 e. The molecule has 7 heteroatoms. The third-order valence-electron chi connectivity index (χ3n) is 3.41. The Kier molecular flexibility index (Phi) is 5.22. The quantitative estimate of drug-likeness (QED) is 0.896. The molecule has 0 bridgehead atoms. The van der Waals surface area contributed by atoms with Crippen molar-refractivity contribution in [1.29, 1.82) is 0 Å². The van der Waals surface area contributed by atoms with Gasteiger partial charge in [0.1, 0.15) is 5.02 Å². The highest BCUT2D eigenvalue weighted by molar-refractivity contribution is 6.33. The van der Waals surface area contributed by atoms with E-state index in [0.29, 0.717) is 18.2 Å². The number of aromatic nitrogens is 2. The summed E-state index contributed by atoms with van der Waals surface area (Å²) >= 11 is 6.06. The van der Waals surface area contributed by atoms with Gasteiger partial charge in [-0.25, -0.2) is 4.68 Å². The molecule has 0 radical (unpaired) electrons. The van der Waals surface area contributed by atoms with Crippen molar-refractivity contribution >= 4 is 23.2 Å². The molecule has 2 rings (SSSR count). The molecule has 1 aliphatic rings. The van der Waals surface area contributed by atoms with Crippen LogP contribution >= 0.6 is 11.6 Å². The highest BCUT2D eigenvalue weighted by Gasteiger charge is 2.18. The molecule has 0 aromatic carbocycles. The van der Waals surface area contributed by atoms with Gasteiger partial charge in [0.25, 0.3) is 5.56 Å². The van der Waals surface area contributed by atoms with Crippen LogP contribution in [0.3, 0.4) is 0 Å². The van der Waals surface area contributed by atoms with Crippen LogP contribution in [0.15, 0.2) is 11.0 Å². The van der Waals surface area contributed by atoms with Gasteiger partial charge in [-0.05, 0) is 18.8 Å². The molecule has 21 heavy (non-hydrogen) atoms. The van der Waals surface area contributed by atoms with Crippen LogP contribution in [0.1, 0.15) is 26.7 Å². The maximum atomic E-state index is 12.1. The van der Waals surface area contributed by atoms with Gasteiger partial charge in [0.05, 0.1) is 18.4 Å². The summed E-state index contributed by atoms with van der Waals surface area (Å²) in [5.74, 6) is 0.330. The van der Waals surface area contributed by atoms with Crippen molar-refractivity contribution in [2.24, 2.45) is 5.92 Å². The molecule has 0 spiro atoms. The summed E-state index contributed by atoms with van der Waals surface area (Å²) in [5, 5.41) is 7.08. The number of nitrogens with one attached hydrogen (secondary N) is 1. The van der Waals surface area contributed by atoms with Crippen LogP contribution in [0.5, 0.6) is 0 Å². The van der Waals surface area contributed by atoms with Gasteiger partial charge in [0, 0.05) is 19.6 Å². The first-order valence-electron chi connectivity index (χ1n) is 7.26. The Morgan fingerprint density at radius 2 is 2.10 bits per heavy atom. The maximum absolute atomic E-state index is 12.1. The van der Waals surface area contributed by atoms with Crippen molar-refractivity contribution in [1.82, 2.24) is 14.7 Å². The number of hydrogen-bond acceptors (Lipinski definition) is 4. The molecule has 0 unspecified atom stereocenters. The molecule has 0 aliphatic carbocycles. The second kappa shape index (κ2) is 6.93. The fourth-order valence-electron chi connectivity index (χ4n) is 2.31. The fraction of sp³-hybridized carbons (Fsp3) is 0.643. The van der Waals surface area contributed by atoms with Crippen molar-refractivity contribution < 1.29 is 4.79 Å². The zero-order chi connectivity index (χ0) is 15.4. The van der Waals surface area contributed by atoms with Gasteiger partial charge in [-0.3, -0.25) is 9.59 Å². The second-order valence-electron chi connectivity index (χ2n) is 5.69. The Balaban J connectivity index is 2.02. The molecule has 1 N–H and O–H groups in total. The van der Waals surface area contributed by atoms with E-state index < -0.39 is 0 Å². The van der Waals surface area contributed by atoms with Crippen LogP contribution < -0.4 is 10.9 Å². The van der Waals surface area contributed by atoms with Crippen LogP contribution in [0.25, 0.3) is 0 Å². The number of likely N-dealkylation sites (tertiary alicyclic amines) is 1. The first kappa shape index (κ1) is 15.8. The second-order valence-corrected chi connectivity index (χ2v) is 6.07. The van der Waals surface area contributed by atoms with Crippen LogP contribution in [-0.2, 0) is 11.3 Å². The lowest BCUT2D eigenvalue weighted by molar-refractivity contribution is -0.128. The number of anilines is 1. The topological polar surface area (TPSA) is 67.2 Å². The van der Waals surface area contributed by atoms with E-state index >= 15 is 0 Å². The average Bonchev–Trinajstić information content (AvgIpc) is 2.96. The number of nitrogens with zero attached hydrogens (tertiary/aromatic N) is 3. The number of halogens is 1. The highest BCUT2D eigenvalue weighted by Crippen LogP contribution is 2.16. The third kappa shape index (κ3) is 3.97. The molecule has 116 valence electrons. The monoisotopic (exact) mass is 312 g/mol. The Labute approximate surface area is 129 Å². The molecular weight excluding hydrogens is 292 g/mol. The molecular formula is C14H21ClN4O2. The summed E-state index contributed by atoms with van der Waals surface area (Å²) in [6.45, 7) is 6.28. The lowest BCUT2D eigenvalue weighted by atomic mass is 10.2. The zero-order valence-electron chi connectivity index (χ0n) is 12.4. The first-order chi connectivity index (χ1) is 9.99. The van der Waals surface area contributed by atoms with Crippen molar-refractivity contribution in [2.75, 3.05) is 25.0 Å². The molecule has 2 heterocycles. The molecule has 1 aromatic heterocycles. The van der Waals surface area contributed by atoms with Gasteiger partial charge in [-0.2, -0.15) is 5.10 Å². The van der Waals surface area contributed by atoms with Gasteiger partial charge in [-0.1, -0.05) is 25.4 Å². The first-order valence-corrected chi connectivity index (χ1v) is 7.64. The third-order valence-corrected chi connectivity index (χ3v) is 3.78. The predicted octanol–water partition coefficient (Wildman–Crippen LogP) is 1.59. The van der Waals surface area contributed by atoms with Crippen molar-refractivity contribution in [2.45, 2.75) is 33.2 Å². The number of carbonyl (C=O) groups excluding carboxylic acids is 1. The number of carbonyl (C=O) groups is 1. The lowest BCUT2D eigenvalue weighted by Crippen LogP contribution is -2.33.